The van der Waals surface area contributed by atoms with Crippen molar-refractivity contribution >= 4 is 10.9 Å². The molecule has 0 fully saturated rings. The van der Waals surface area contributed by atoms with Gasteiger partial charge in [0.1, 0.15) is 24.0 Å². The van der Waals surface area contributed by atoms with Crippen molar-refractivity contribution in [1.82, 2.24) is 9.13 Å². The van der Waals surface area contributed by atoms with Crippen molar-refractivity contribution in [2.45, 2.75) is 38.7 Å². The molecule has 2 aromatic heterocycles. The van der Waals surface area contributed by atoms with Crippen LogP contribution in [-0.2, 0) is 26.5 Å². The van der Waals surface area contributed by atoms with Crippen molar-refractivity contribution in [3.05, 3.63) is 93.5 Å². The van der Waals surface area contributed by atoms with Gasteiger partial charge in [0.25, 0.3) is 5.56 Å². The molecule has 1 aliphatic rings. The highest BCUT2D eigenvalue weighted by atomic mass is 19.1. The Morgan fingerprint density at radius 3 is 2.62 bits per heavy atom. The average molecular weight is 434 g/mol. The summed E-state index contributed by atoms with van der Waals surface area (Å²) < 4.78 is 36.2. The minimum absolute atomic E-state index is 0.0869. The van der Waals surface area contributed by atoms with E-state index in [0.29, 0.717) is 5.75 Å². The van der Waals surface area contributed by atoms with Crippen molar-refractivity contribution in [2.75, 3.05) is 0 Å². The highest BCUT2D eigenvalue weighted by Crippen LogP contribution is 2.32. The van der Waals surface area contributed by atoms with E-state index in [-0.39, 0.29) is 17.7 Å². The fraction of sp³-hybridized carbons (Fsp3) is 0.269. The second-order valence-corrected chi connectivity index (χ2v) is 8.34. The normalized spacial score (nSPS) is 13.7. The lowest BCUT2D eigenvalue weighted by Gasteiger charge is -2.10. The minimum atomic E-state index is -0.674. The number of hydrogen-bond acceptors (Lipinski definition) is 2. The SMILES string of the molecule is Cn1c2c(c3ccc(-n4ccc(OCc5ccc(F)cc5F)cc4=O)cc31)CCCCC2. The number of fused-ring (bicyclic) bond motifs is 3. The molecular formula is C26H24F2N2O2. The molecule has 0 unspecified atom stereocenters. The molecule has 4 aromatic rings. The van der Waals surface area contributed by atoms with E-state index in [0.717, 1.165) is 30.1 Å². The van der Waals surface area contributed by atoms with Gasteiger partial charge in [-0.2, -0.15) is 0 Å². The van der Waals surface area contributed by atoms with E-state index in [2.05, 4.69) is 23.7 Å². The molecule has 0 N–H and O–H groups in total. The molecule has 0 saturated heterocycles. The Hall–Kier alpha value is -3.41. The van der Waals surface area contributed by atoms with Crippen LogP contribution >= 0.6 is 0 Å². The summed E-state index contributed by atoms with van der Waals surface area (Å²) in [6, 6.07) is 12.5. The van der Waals surface area contributed by atoms with Crippen LogP contribution in [0.5, 0.6) is 5.75 Å². The van der Waals surface area contributed by atoms with E-state index in [4.69, 9.17) is 4.74 Å². The Bertz CT molecular complexity index is 1370. The smallest absolute Gasteiger partial charge is 0.258 e. The highest BCUT2D eigenvalue weighted by molar-refractivity contribution is 5.87. The molecule has 2 aromatic carbocycles. The van der Waals surface area contributed by atoms with Crippen LogP contribution in [0.25, 0.3) is 16.6 Å². The monoisotopic (exact) mass is 434 g/mol. The van der Waals surface area contributed by atoms with E-state index in [9.17, 15) is 13.6 Å². The van der Waals surface area contributed by atoms with Gasteiger partial charge in [0.2, 0.25) is 0 Å². The van der Waals surface area contributed by atoms with Crippen LogP contribution in [0.15, 0.2) is 59.5 Å². The van der Waals surface area contributed by atoms with Gasteiger partial charge in [-0.3, -0.25) is 9.36 Å². The molecule has 5 rings (SSSR count). The number of pyridine rings is 1. The van der Waals surface area contributed by atoms with E-state index in [1.54, 1.807) is 16.8 Å². The molecule has 0 radical (unpaired) electrons. The number of benzene rings is 2. The summed E-state index contributed by atoms with van der Waals surface area (Å²) in [5.41, 5.74) is 4.75. The van der Waals surface area contributed by atoms with E-state index < -0.39 is 11.6 Å². The van der Waals surface area contributed by atoms with E-state index in [1.807, 2.05) is 6.07 Å². The van der Waals surface area contributed by atoms with Crippen molar-refractivity contribution in [1.29, 1.82) is 0 Å². The van der Waals surface area contributed by atoms with Gasteiger partial charge in [-0.25, -0.2) is 8.78 Å². The molecule has 0 amide bonds. The second kappa shape index (κ2) is 8.26. The molecule has 0 aliphatic heterocycles. The van der Waals surface area contributed by atoms with Crippen molar-refractivity contribution in [3.8, 4) is 11.4 Å². The summed E-state index contributed by atoms with van der Waals surface area (Å²) >= 11 is 0. The standard InChI is InChI=1S/C26H24F2N2O2/c1-29-24-6-4-2-3-5-21(24)22-10-9-19(14-25(22)29)30-12-11-20(15-26(30)31)32-16-17-7-8-18(27)13-23(17)28/h7-15H,2-6,16H2,1H3. The first-order chi connectivity index (χ1) is 15.5. The molecule has 164 valence electrons. The molecule has 4 nitrogen and oxygen atoms in total. The summed E-state index contributed by atoms with van der Waals surface area (Å²) in [5.74, 6) is -0.977. The Morgan fingerprint density at radius 2 is 1.81 bits per heavy atom. The van der Waals surface area contributed by atoms with Crippen molar-refractivity contribution in [3.63, 3.8) is 0 Å². The van der Waals surface area contributed by atoms with Crippen LogP contribution in [0, 0.1) is 11.6 Å². The summed E-state index contributed by atoms with van der Waals surface area (Å²) in [6.45, 7) is -0.0869. The molecule has 2 heterocycles. The maximum absolute atomic E-state index is 13.8. The van der Waals surface area contributed by atoms with Crippen LogP contribution in [0.4, 0.5) is 8.78 Å². The van der Waals surface area contributed by atoms with Crippen LogP contribution in [0.1, 0.15) is 36.1 Å². The lowest BCUT2D eigenvalue weighted by atomic mass is 10.1. The molecule has 0 saturated carbocycles. The molecule has 1 aliphatic carbocycles. The fourth-order valence-electron chi connectivity index (χ4n) is 4.64. The van der Waals surface area contributed by atoms with Gasteiger partial charge in [-0.1, -0.05) is 12.5 Å². The lowest BCUT2D eigenvalue weighted by molar-refractivity contribution is 0.298. The lowest BCUT2D eigenvalue weighted by Crippen LogP contribution is -2.16. The van der Waals surface area contributed by atoms with Gasteiger partial charge in [0.15, 0.2) is 0 Å². The third kappa shape index (κ3) is 3.70. The molecule has 6 heteroatoms. The fourth-order valence-corrected chi connectivity index (χ4v) is 4.64. The largest absolute Gasteiger partial charge is 0.489 e. The number of aromatic nitrogens is 2. The zero-order chi connectivity index (χ0) is 22.2. The second-order valence-electron chi connectivity index (χ2n) is 8.34. The Balaban J connectivity index is 1.42. The number of hydrogen-bond donors (Lipinski definition) is 0. The maximum Gasteiger partial charge on any atom is 0.258 e. The molecule has 32 heavy (non-hydrogen) atoms. The Labute approximate surface area is 184 Å². The maximum atomic E-state index is 13.8. The third-order valence-electron chi connectivity index (χ3n) is 6.34. The van der Waals surface area contributed by atoms with Gasteiger partial charge < -0.3 is 9.30 Å². The van der Waals surface area contributed by atoms with Gasteiger partial charge in [-0.15, -0.1) is 0 Å². The van der Waals surface area contributed by atoms with Crippen molar-refractivity contribution in [2.24, 2.45) is 7.05 Å². The first kappa shape index (κ1) is 20.5. The third-order valence-corrected chi connectivity index (χ3v) is 6.34. The number of halogens is 2. The molecule has 0 bridgehead atoms. The van der Waals surface area contributed by atoms with E-state index >= 15 is 0 Å². The number of ether oxygens (including phenoxy) is 1. The first-order valence-corrected chi connectivity index (χ1v) is 10.9. The Morgan fingerprint density at radius 1 is 0.969 bits per heavy atom. The number of aryl methyl sites for hydroxylation is 2. The average Bonchev–Trinajstić information content (AvgIpc) is 2.93. The highest BCUT2D eigenvalue weighted by Gasteiger charge is 2.17. The van der Waals surface area contributed by atoms with Gasteiger partial charge in [-0.05, 0) is 61.6 Å². The quantitative estimate of drug-likeness (QED) is 0.400. The molecule has 0 spiro atoms. The first-order valence-electron chi connectivity index (χ1n) is 10.9. The topological polar surface area (TPSA) is 36.2 Å². The van der Waals surface area contributed by atoms with Gasteiger partial charge >= 0.3 is 0 Å². The Kier molecular flexibility index (Phi) is 5.29. The zero-order valence-corrected chi connectivity index (χ0v) is 17.9. The van der Waals surface area contributed by atoms with Crippen molar-refractivity contribution < 1.29 is 13.5 Å². The summed E-state index contributed by atoms with van der Waals surface area (Å²) in [5, 5.41) is 1.27. The summed E-state index contributed by atoms with van der Waals surface area (Å²) in [4.78, 5) is 12.8. The predicted molar refractivity (Wildman–Crippen MR) is 120 cm³/mol. The number of rotatable bonds is 4. The van der Waals surface area contributed by atoms with Crippen LogP contribution in [0.3, 0.4) is 0 Å². The minimum Gasteiger partial charge on any atom is -0.489 e. The van der Waals surface area contributed by atoms with Crippen LogP contribution in [-0.4, -0.2) is 9.13 Å². The van der Waals surface area contributed by atoms with Gasteiger partial charge in [0.05, 0.1) is 11.2 Å². The molecular weight excluding hydrogens is 410 g/mol. The van der Waals surface area contributed by atoms with Gasteiger partial charge in [0, 0.05) is 42.0 Å². The summed E-state index contributed by atoms with van der Waals surface area (Å²) in [6.07, 6.45) is 7.56. The molecule has 0 atom stereocenters. The van der Waals surface area contributed by atoms with Crippen LogP contribution < -0.4 is 10.3 Å². The summed E-state index contributed by atoms with van der Waals surface area (Å²) in [7, 11) is 2.10. The zero-order valence-electron chi connectivity index (χ0n) is 17.9. The van der Waals surface area contributed by atoms with E-state index in [1.165, 1.54) is 54.1 Å². The van der Waals surface area contributed by atoms with Crippen LogP contribution in [0.2, 0.25) is 0 Å². The predicted octanol–water partition coefficient (Wildman–Crippen LogP) is 5.46. The number of nitrogens with zero attached hydrogens (tertiary/aromatic N) is 2.